The van der Waals surface area contributed by atoms with Crippen molar-refractivity contribution >= 4 is 0 Å². The maximum absolute atomic E-state index is 4.43. The lowest BCUT2D eigenvalue weighted by atomic mass is 10.1. The molecule has 0 rings (SSSR count). The van der Waals surface area contributed by atoms with Crippen LogP contribution in [0.3, 0.4) is 0 Å². The SMILES string of the molecule is [CH2]CCCCCCC.[CH2]COC. The topological polar surface area (TPSA) is 9.23 Å². The van der Waals surface area contributed by atoms with Crippen molar-refractivity contribution in [3.8, 4) is 0 Å². The van der Waals surface area contributed by atoms with Crippen LogP contribution >= 0.6 is 0 Å². The van der Waals surface area contributed by atoms with Gasteiger partial charge in [-0.25, -0.2) is 0 Å². The molecule has 0 aliphatic rings. The Morgan fingerprint density at radius 2 is 1.50 bits per heavy atom. The summed E-state index contributed by atoms with van der Waals surface area (Å²) in [7, 11) is 1.62. The van der Waals surface area contributed by atoms with Gasteiger partial charge in [0.1, 0.15) is 0 Å². The van der Waals surface area contributed by atoms with Crippen LogP contribution in [0.2, 0.25) is 0 Å². The highest BCUT2D eigenvalue weighted by Crippen LogP contribution is 2.03. The number of hydrogen-bond acceptors (Lipinski definition) is 1. The van der Waals surface area contributed by atoms with Crippen molar-refractivity contribution in [1.29, 1.82) is 0 Å². The lowest BCUT2D eigenvalue weighted by Gasteiger charge is -1.93. The quantitative estimate of drug-likeness (QED) is 0.556. The molecule has 0 spiro atoms. The number of hydrogen-bond donors (Lipinski definition) is 0. The van der Waals surface area contributed by atoms with Gasteiger partial charge in [0.15, 0.2) is 0 Å². The second-order valence-electron chi connectivity index (χ2n) is 2.76. The lowest BCUT2D eigenvalue weighted by molar-refractivity contribution is 0.232. The third-order valence-electron chi connectivity index (χ3n) is 1.56. The molecule has 0 aliphatic heterocycles. The molecule has 0 saturated carbocycles. The fraction of sp³-hybridized carbons (Fsp3) is 0.818. The van der Waals surface area contributed by atoms with Gasteiger partial charge in [-0.2, -0.15) is 0 Å². The first-order chi connectivity index (χ1) is 5.83. The molecule has 0 aromatic carbocycles. The highest BCUT2D eigenvalue weighted by atomic mass is 16.5. The number of ether oxygens (including phenoxy) is 1. The molecule has 0 unspecified atom stereocenters. The fourth-order valence-corrected chi connectivity index (χ4v) is 0.780. The van der Waals surface area contributed by atoms with Crippen molar-refractivity contribution in [2.45, 2.75) is 45.4 Å². The van der Waals surface area contributed by atoms with E-state index in [1.165, 1.54) is 32.1 Å². The summed E-state index contributed by atoms with van der Waals surface area (Å²) in [6.45, 7) is 9.97. The van der Waals surface area contributed by atoms with Crippen LogP contribution in [0.4, 0.5) is 0 Å². The fourth-order valence-electron chi connectivity index (χ4n) is 0.780. The molecule has 1 heteroatoms. The van der Waals surface area contributed by atoms with Crippen molar-refractivity contribution in [2.24, 2.45) is 0 Å². The molecule has 0 aromatic rings. The van der Waals surface area contributed by atoms with Gasteiger partial charge in [0.05, 0.1) is 0 Å². The third-order valence-corrected chi connectivity index (χ3v) is 1.56. The molecule has 0 fully saturated rings. The van der Waals surface area contributed by atoms with Crippen molar-refractivity contribution in [1.82, 2.24) is 0 Å². The summed E-state index contributed by atoms with van der Waals surface area (Å²) in [5.74, 6) is 0. The average Bonchev–Trinajstić information content (AvgIpc) is 2.13. The van der Waals surface area contributed by atoms with Crippen molar-refractivity contribution < 1.29 is 4.74 Å². The molecule has 12 heavy (non-hydrogen) atoms. The molecule has 0 bridgehead atoms. The van der Waals surface area contributed by atoms with Crippen LogP contribution in [0.1, 0.15) is 45.4 Å². The zero-order valence-electron chi connectivity index (χ0n) is 8.77. The first-order valence-electron chi connectivity index (χ1n) is 4.90. The zero-order chi connectivity index (χ0) is 9.66. The van der Waals surface area contributed by atoms with E-state index in [9.17, 15) is 0 Å². The van der Waals surface area contributed by atoms with Gasteiger partial charge in [0, 0.05) is 13.7 Å². The molecule has 0 aliphatic carbocycles. The van der Waals surface area contributed by atoms with Gasteiger partial charge < -0.3 is 4.74 Å². The normalized spacial score (nSPS) is 9.00. The molecule has 2 radical (unpaired) electrons. The van der Waals surface area contributed by atoms with Gasteiger partial charge in [-0.1, -0.05) is 52.4 Å². The highest BCUT2D eigenvalue weighted by Gasteiger charge is 1.83. The Labute approximate surface area is 78.5 Å². The minimum absolute atomic E-state index is 0.569. The van der Waals surface area contributed by atoms with Crippen LogP contribution in [0.25, 0.3) is 0 Å². The van der Waals surface area contributed by atoms with Gasteiger partial charge in [-0.05, 0) is 6.92 Å². The second kappa shape index (κ2) is 17.2. The van der Waals surface area contributed by atoms with E-state index in [0.29, 0.717) is 6.61 Å². The molecular weight excluding hydrogens is 148 g/mol. The monoisotopic (exact) mass is 172 g/mol. The maximum Gasteiger partial charge on any atom is 0.0463 e. The number of methoxy groups -OCH3 is 1. The summed E-state index contributed by atoms with van der Waals surface area (Å²) in [4.78, 5) is 0. The summed E-state index contributed by atoms with van der Waals surface area (Å²) in [5.41, 5.74) is 0. The van der Waals surface area contributed by atoms with E-state index in [1.54, 1.807) is 7.11 Å². The Bertz CT molecular complexity index is 45.0. The van der Waals surface area contributed by atoms with Crippen LogP contribution < -0.4 is 0 Å². The predicted molar refractivity (Wildman–Crippen MR) is 56.0 cm³/mol. The lowest BCUT2D eigenvalue weighted by Crippen LogP contribution is -1.74. The van der Waals surface area contributed by atoms with Crippen molar-refractivity contribution in [2.75, 3.05) is 13.7 Å². The Hall–Kier alpha value is -0.0400. The van der Waals surface area contributed by atoms with E-state index in [0.717, 1.165) is 6.42 Å². The minimum Gasteiger partial charge on any atom is -0.385 e. The highest BCUT2D eigenvalue weighted by molar-refractivity contribution is 4.43. The van der Waals surface area contributed by atoms with E-state index >= 15 is 0 Å². The van der Waals surface area contributed by atoms with Gasteiger partial charge in [-0.3, -0.25) is 0 Å². The summed E-state index contributed by atoms with van der Waals surface area (Å²) >= 11 is 0. The average molecular weight is 172 g/mol. The van der Waals surface area contributed by atoms with Crippen molar-refractivity contribution in [3.05, 3.63) is 13.8 Å². The smallest absolute Gasteiger partial charge is 0.0463 e. The number of rotatable bonds is 6. The molecule has 0 aromatic heterocycles. The van der Waals surface area contributed by atoms with Crippen LogP contribution in [0.5, 0.6) is 0 Å². The molecule has 0 amide bonds. The molecule has 0 saturated heterocycles. The Morgan fingerprint density at radius 1 is 1.00 bits per heavy atom. The largest absolute Gasteiger partial charge is 0.385 e. The molecule has 74 valence electrons. The predicted octanol–water partition coefficient (Wildman–Crippen LogP) is 3.65. The number of unbranched alkanes of at least 4 members (excludes halogenated alkanes) is 5. The van der Waals surface area contributed by atoms with Crippen LogP contribution in [0, 0.1) is 13.8 Å². The van der Waals surface area contributed by atoms with Crippen LogP contribution in [-0.2, 0) is 4.74 Å². The summed E-state index contributed by atoms with van der Waals surface area (Å²) in [5, 5.41) is 0. The summed E-state index contributed by atoms with van der Waals surface area (Å²) in [6.07, 6.45) is 7.98. The van der Waals surface area contributed by atoms with Crippen LogP contribution in [0.15, 0.2) is 0 Å². The Morgan fingerprint density at radius 3 is 1.83 bits per heavy atom. The molecule has 0 N–H and O–H groups in total. The third kappa shape index (κ3) is 22.5. The van der Waals surface area contributed by atoms with E-state index in [2.05, 4.69) is 25.5 Å². The van der Waals surface area contributed by atoms with E-state index in [1.807, 2.05) is 0 Å². The first kappa shape index (κ1) is 14.5. The molecule has 0 heterocycles. The minimum atomic E-state index is 0.569. The van der Waals surface area contributed by atoms with Gasteiger partial charge in [0.2, 0.25) is 0 Å². The van der Waals surface area contributed by atoms with E-state index < -0.39 is 0 Å². The van der Waals surface area contributed by atoms with Crippen molar-refractivity contribution in [3.63, 3.8) is 0 Å². The van der Waals surface area contributed by atoms with E-state index in [4.69, 9.17) is 0 Å². The molecular formula is C11H24O. The Balaban J connectivity index is 0. The maximum atomic E-state index is 4.43. The molecule has 1 nitrogen and oxygen atoms in total. The summed E-state index contributed by atoms with van der Waals surface area (Å²) < 4.78 is 4.43. The van der Waals surface area contributed by atoms with Gasteiger partial charge in [-0.15, -0.1) is 0 Å². The first-order valence-corrected chi connectivity index (χ1v) is 4.90. The van der Waals surface area contributed by atoms with Gasteiger partial charge in [0.25, 0.3) is 0 Å². The Kier molecular flexibility index (Phi) is 20.7. The van der Waals surface area contributed by atoms with E-state index in [-0.39, 0.29) is 0 Å². The summed E-state index contributed by atoms with van der Waals surface area (Å²) in [6, 6.07) is 0. The second-order valence-corrected chi connectivity index (χ2v) is 2.76. The molecule has 0 atom stereocenters. The van der Waals surface area contributed by atoms with Crippen LogP contribution in [-0.4, -0.2) is 13.7 Å². The van der Waals surface area contributed by atoms with Gasteiger partial charge >= 0.3 is 0 Å². The standard InChI is InChI=1S/C8H17.C3H7O/c1-3-5-7-8-6-4-2;1-3-4-2/h1,3-8H2,2H3;1,3H2,2H3. The zero-order valence-corrected chi connectivity index (χ0v) is 8.77.